The van der Waals surface area contributed by atoms with Gasteiger partial charge in [-0.25, -0.2) is 0 Å². The molecule has 2 nitrogen and oxygen atoms in total. The Morgan fingerprint density at radius 3 is 1.50 bits per heavy atom. The van der Waals surface area contributed by atoms with E-state index in [0.717, 1.165) is 16.7 Å². The van der Waals surface area contributed by atoms with Gasteiger partial charge in [0, 0.05) is 5.92 Å². The lowest BCUT2D eigenvalue weighted by Gasteiger charge is -2.35. The molecule has 0 spiro atoms. The Morgan fingerprint density at radius 1 is 0.750 bits per heavy atom. The second-order valence-electron chi connectivity index (χ2n) is 5.79. The van der Waals surface area contributed by atoms with Crippen LogP contribution in [0.25, 0.3) is 0 Å². The third-order valence-electron chi connectivity index (χ3n) is 4.33. The van der Waals surface area contributed by atoms with E-state index in [1.165, 1.54) is 0 Å². The maximum Gasteiger partial charge on any atom is 0.318 e. The standard InChI is InChI=1S/C21H19O2P/c22-20(23)21(24,18-14-8-3-9-15-18)19(16-10-4-1-5-11-16)17-12-6-2-7-13-17/h1-15,19H,24H2,(H,22,23). The Balaban J connectivity index is 2.25. The van der Waals surface area contributed by atoms with Crippen LogP contribution in [0.1, 0.15) is 22.6 Å². The van der Waals surface area contributed by atoms with Crippen molar-refractivity contribution in [3.8, 4) is 0 Å². The van der Waals surface area contributed by atoms with Gasteiger partial charge in [-0.3, -0.25) is 4.79 Å². The highest BCUT2D eigenvalue weighted by molar-refractivity contribution is 7.20. The maximum absolute atomic E-state index is 12.4. The smallest absolute Gasteiger partial charge is 0.318 e. The van der Waals surface area contributed by atoms with Crippen LogP contribution in [0.2, 0.25) is 0 Å². The van der Waals surface area contributed by atoms with E-state index in [1.54, 1.807) is 0 Å². The molecule has 0 aliphatic rings. The van der Waals surface area contributed by atoms with Crippen molar-refractivity contribution in [2.24, 2.45) is 0 Å². The molecule has 0 aromatic heterocycles. The Kier molecular flexibility index (Phi) is 4.78. The lowest BCUT2D eigenvalue weighted by molar-refractivity contribution is -0.140. The predicted octanol–water partition coefficient (Wildman–Crippen LogP) is 4.67. The van der Waals surface area contributed by atoms with Gasteiger partial charge in [-0.15, -0.1) is 9.24 Å². The highest BCUT2D eigenvalue weighted by Crippen LogP contribution is 2.48. The molecular formula is C21H19O2P. The molecule has 1 N–H and O–H groups in total. The molecule has 0 fully saturated rings. The molecule has 3 heteroatoms. The molecular weight excluding hydrogens is 315 g/mol. The van der Waals surface area contributed by atoms with Gasteiger partial charge in [-0.2, -0.15) is 0 Å². The Hall–Kier alpha value is -2.44. The van der Waals surface area contributed by atoms with Gasteiger partial charge in [0.05, 0.1) is 0 Å². The highest BCUT2D eigenvalue weighted by atomic mass is 31.0. The molecule has 3 aromatic carbocycles. The predicted molar refractivity (Wildman–Crippen MR) is 100 cm³/mol. The summed E-state index contributed by atoms with van der Waals surface area (Å²) < 4.78 is 0. The third-order valence-corrected chi connectivity index (χ3v) is 5.24. The Morgan fingerprint density at radius 2 is 1.12 bits per heavy atom. The van der Waals surface area contributed by atoms with Crippen LogP contribution in [0.15, 0.2) is 91.0 Å². The molecule has 0 heterocycles. The van der Waals surface area contributed by atoms with Gasteiger partial charge in [0.15, 0.2) is 0 Å². The first-order valence-electron chi connectivity index (χ1n) is 7.81. The Bertz CT molecular complexity index is 764. The zero-order valence-corrected chi connectivity index (χ0v) is 14.3. The van der Waals surface area contributed by atoms with Gasteiger partial charge >= 0.3 is 5.97 Å². The van der Waals surface area contributed by atoms with E-state index in [1.807, 2.05) is 91.0 Å². The van der Waals surface area contributed by atoms with Crippen molar-refractivity contribution in [2.45, 2.75) is 11.1 Å². The number of hydrogen-bond donors (Lipinski definition) is 1. The average molecular weight is 334 g/mol. The minimum Gasteiger partial charge on any atom is -0.480 e. The summed E-state index contributed by atoms with van der Waals surface area (Å²) in [6.45, 7) is 0. The van der Waals surface area contributed by atoms with Crippen LogP contribution in [0.4, 0.5) is 0 Å². The molecule has 120 valence electrons. The molecule has 2 unspecified atom stereocenters. The number of carboxylic acids is 1. The first kappa shape index (κ1) is 16.4. The van der Waals surface area contributed by atoms with Crippen LogP contribution >= 0.6 is 9.24 Å². The quantitative estimate of drug-likeness (QED) is 0.688. The van der Waals surface area contributed by atoms with Crippen molar-refractivity contribution in [1.82, 2.24) is 0 Å². The van der Waals surface area contributed by atoms with Gasteiger partial charge in [0.2, 0.25) is 0 Å². The summed E-state index contributed by atoms with van der Waals surface area (Å²) in [5.41, 5.74) is 2.72. The molecule has 0 saturated heterocycles. The zero-order valence-electron chi connectivity index (χ0n) is 13.2. The van der Waals surface area contributed by atoms with E-state index in [4.69, 9.17) is 0 Å². The summed E-state index contributed by atoms with van der Waals surface area (Å²) in [6, 6.07) is 29.0. The van der Waals surface area contributed by atoms with E-state index in [0.29, 0.717) is 0 Å². The minimum absolute atomic E-state index is 0.315. The van der Waals surface area contributed by atoms with E-state index in [2.05, 4.69) is 9.24 Å². The molecule has 0 bridgehead atoms. The maximum atomic E-state index is 12.4. The summed E-state index contributed by atoms with van der Waals surface area (Å²) >= 11 is 0. The molecule has 24 heavy (non-hydrogen) atoms. The summed E-state index contributed by atoms with van der Waals surface area (Å²) in [5.74, 6) is -1.18. The SMILES string of the molecule is O=C(O)C(P)(c1ccccc1)C(c1ccccc1)c1ccccc1. The number of rotatable bonds is 5. The third kappa shape index (κ3) is 2.98. The fraction of sp³-hybridized carbons (Fsp3) is 0.0952. The van der Waals surface area contributed by atoms with Gasteiger partial charge in [-0.05, 0) is 16.7 Å². The summed E-state index contributed by atoms with van der Waals surface area (Å²) in [6.07, 6.45) is 0. The highest BCUT2D eigenvalue weighted by Gasteiger charge is 2.44. The van der Waals surface area contributed by atoms with Crippen molar-refractivity contribution in [1.29, 1.82) is 0 Å². The molecule has 0 radical (unpaired) electrons. The van der Waals surface area contributed by atoms with Gasteiger partial charge in [-0.1, -0.05) is 91.0 Å². The van der Waals surface area contributed by atoms with Crippen LogP contribution in [0.3, 0.4) is 0 Å². The van der Waals surface area contributed by atoms with Gasteiger partial charge in [0.1, 0.15) is 5.16 Å². The van der Waals surface area contributed by atoms with E-state index in [-0.39, 0.29) is 5.92 Å². The number of carboxylic acid groups (broad SMARTS) is 1. The van der Waals surface area contributed by atoms with Crippen molar-refractivity contribution < 1.29 is 9.90 Å². The number of carbonyl (C=O) groups is 1. The average Bonchev–Trinajstić information content (AvgIpc) is 2.64. The number of benzene rings is 3. The molecule has 3 rings (SSSR count). The second-order valence-corrected chi connectivity index (χ2v) is 6.71. The van der Waals surface area contributed by atoms with Crippen LogP contribution in [-0.4, -0.2) is 11.1 Å². The number of aliphatic carboxylic acids is 1. The fourth-order valence-electron chi connectivity index (χ4n) is 3.14. The van der Waals surface area contributed by atoms with Gasteiger partial charge in [0.25, 0.3) is 0 Å². The minimum atomic E-state index is -1.15. The molecule has 0 saturated carbocycles. The normalized spacial score (nSPS) is 13.4. The molecule has 3 aromatic rings. The zero-order chi connectivity index (χ0) is 17.0. The fourth-order valence-corrected chi connectivity index (χ4v) is 3.71. The van der Waals surface area contributed by atoms with Crippen LogP contribution in [0, 0.1) is 0 Å². The summed E-state index contributed by atoms with van der Waals surface area (Å²) in [7, 11) is 2.61. The van der Waals surface area contributed by atoms with Crippen LogP contribution < -0.4 is 0 Å². The van der Waals surface area contributed by atoms with E-state index >= 15 is 0 Å². The van der Waals surface area contributed by atoms with Gasteiger partial charge < -0.3 is 5.11 Å². The lowest BCUT2D eigenvalue weighted by atomic mass is 9.76. The lowest BCUT2D eigenvalue weighted by Crippen LogP contribution is -2.36. The molecule has 0 amide bonds. The van der Waals surface area contributed by atoms with E-state index < -0.39 is 11.1 Å². The van der Waals surface area contributed by atoms with E-state index in [9.17, 15) is 9.90 Å². The van der Waals surface area contributed by atoms with Crippen LogP contribution in [0.5, 0.6) is 0 Å². The topological polar surface area (TPSA) is 37.3 Å². The first-order chi connectivity index (χ1) is 11.6. The van der Waals surface area contributed by atoms with Crippen molar-refractivity contribution in [3.63, 3.8) is 0 Å². The van der Waals surface area contributed by atoms with Crippen LogP contribution in [-0.2, 0) is 9.95 Å². The van der Waals surface area contributed by atoms with Crippen molar-refractivity contribution >= 4 is 15.2 Å². The number of hydrogen-bond acceptors (Lipinski definition) is 1. The second kappa shape index (κ2) is 6.98. The molecule has 0 aliphatic carbocycles. The van der Waals surface area contributed by atoms with Crippen molar-refractivity contribution in [2.75, 3.05) is 0 Å². The largest absolute Gasteiger partial charge is 0.480 e. The summed E-state index contributed by atoms with van der Waals surface area (Å²) in [4.78, 5) is 12.4. The molecule has 0 aliphatic heterocycles. The summed E-state index contributed by atoms with van der Waals surface area (Å²) in [5, 5.41) is 9.01. The molecule has 2 atom stereocenters. The monoisotopic (exact) mass is 334 g/mol. The van der Waals surface area contributed by atoms with Crippen molar-refractivity contribution in [3.05, 3.63) is 108 Å². The first-order valence-corrected chi connectivity index (χ1v) is 8.39. The Labute approximate surface area is 144 Å².